The van der Waals surface area contributed by atoms with Gasteiger partial charge in [-0.1, -0.05) is 340 Å². The first-order chi connectivity index (χ1) is 39.5. The lowest BCUT2D eigenvalue weighted by atomic mass is 10.0. The van der Waals surface area contributed by atoms with E-state index in [1.165, 1.54) is 295 Å². The molecule has 1 unspecified atom stereocenters. The molecule has 0 rings (SSSR count). The maximum atomic E-state index is 12.9. The van der Waals surface area contributed by atoms with Crippen molar-refractivity contribution in [1.82, 2.24) is 0 Å². The number of carbonyl (C=O) groups excluding carboxylic acids is 3. The van der Waals surface area contributed by atoms with E-state index in [4.69, 9.17) is 14.2 Å². The molecule has 0 radical (unpaired) electrons. The maximum absolute atomic E-state index is 12.9. The van der Waals surface area contributed by atoms with Crippen molar-refractivity contribution in [3.63, 3.8) is 0 Å². The van der Waals surface area contributed by atoms with Crippen molar-refractivity contribution in [2.24, 2.45) is 0 Å². The van der Waals surface area contributed by atoms with Gasteiger partial charge in [-0.2, -0.15) is 0 Å². The summed E-state index contributed by atoms with van der Waals surface area (Å²) in [4.78, 5) is 38.1. The average molecular weight is 1120 g/mol. The van der Waals surface area contributed by atoms with Gasteiger partial charge in [-0.05, 0) is 77.0 Å². The Hall–Kier alpha value is -2.37. The van der Waals surface area contributed by atoms with E-state index in [9.17, 15) is 14.4 Å². The second-order valence-electron chi connectivity index (χ2n) is 24.5. The first-order valence-corrected chi connectivity index (χ1v) is 36.0. The molecule has 0 heterocycles. The molecule has 0 aromatic rings. The van der Waals surface area contributed by atoms with Gasteiger partial charge >= 0.3 is 17.9 Å². The molecule has 0 aliphatic heterocycles. The topological polar surface area (TPSA) is 78.9 Å². The van der Waals surface area contributed by atoms with Gasteiger partial charge in [0.15, 0.2) is 6.10 Å². The van der Waals surface area contributed by atoms with Crippen LogP contribution in [0.2, 0.25) is 0 Å². The highest BCUT2D eigenvalue weighted by Gasteiger charge is 2.19. The summed E-state index contributed by atoms with van der Waals surface area (Å²) in [5.41, 5.74) is 0. The van der Waals surface area contributed by atoms with Crippen molar-refractivity contribution in [2.45, 2.75) is 406 Å². The third-order valence-corrected chi connectivity index (χ3v) is 16.4. The molecule has 0 N–H and O–H groups in total. The molecule has 0 bridgehead atoms. The van der Waals surface area contributed by atoms with E-state index in [0.29, 0.717) is 19.3 Å². The van der Waals surface area contributed by atoms with E-state index >= 15 is 0 Å². The molecule has 0 aliphatic rings. The lowest BCUT2D eigenvalue weighted by Crippen LogP contribution is -2.30. The van der Waals surface area contributed by atoms with Gasteiger partial charge in [-0.25, -0.2) is 0 Å². The fraction of sp³-hybridized carbons (Fsp3) is 0.878. The number of rotatable bonds is 67. The van der Waals surface area contributed by atoms with Gasteiger partial charge in [0, 0.05) is 19.3 Å². The van der Waals surface area contributed by atoms with Gasteiger partial charge in [0.25, 0.3) is 0 Å². The lowest BCUT2D eigenvalue weighted by molar-refractivity contribution is -0.167. The highest BCUT2D eigenvalue weighted by atomic mass is 16.6. The fourth-order valence-electron chi connectivity index (χ4n) is 10.9. The summed E-state index contributed by atoms with van der Waals surface area (Å²) < 4.78 is 16.9. The fourth-order valence-corrected chi connectivity index (χ4v) is 10.9. The van der Waals surface area contributed by atoms with Crippen LogP contribution in [0, 0.1) is 0 Å². The molecule has 1 atom stereocenters. The SMILES string of the molecule is CCCCCCC/C=C\C/C=C\CCCCCCCCCCCCCCCCCCCCCC(=O)OCC(COC(=O)CCCCCCCC)OC(=O)CCCCCCCCCCCCCCC/C=C\CCCCCCCCCC. The molecule has 0 amide bonds. The minimum absolute atomic E-state index is 0.0667. The Bertz CT molecular complexity index is 1340. The Morgan fingerprint density at radius 1 is 0.250 bits per heavy atom. The van der Waals surface area contributed by atoms with E-state index in [2.05, 4.69) is 57.2 Å². The number of hydrogen-bond acceptors (Lipinski definition) is 6. The Kier molecular flexibility index (Phi) is 67.1. The van der Waals surface area contributed by atoms with E-state index < -0.39 is 6.10 Å². The zero-order valence-electron chi connectivity index (χ0n) is 54.1. The largest absolute Gasteiger partial charge is 0.462 e. The van der Waals surface area contributed by atoms with Crippen molar-refractivity contribution in [1.29, 1.82) is 0 Å². The van der Waals surface area contributed by atoms with E-state index in [0.717, 1.165) is 64.2 Å². The van der Waals surface area contributed by atoms with Gasteiger partial charge in [0.05, 0.1) is 0 Å². The van der Waals surface area contributed by atoms with Crippen LogP contribution in [0.15, 0.2) is 36.5 Å². The molecule has 0 aromatic carbocycles. The van der Waals surface area contributed by atoms with Crippen LogP contribution < -0.4 is 0 Å². The average Bonchev–Trinajstić information content (AvgIpc) is 3.46. The van der Waals surface area contributed by atoms with Gasteiger partial charge in [-0.3, -0.25) is 14.4 Å². The Labute approximate surface area is 499 Å². The summed E-state index contributed by atoms with van der Waals surface area (Å²) in [5, 5.41) is 0. The molecular formula is C74H138O6. The summed E-state index contributed by atoms with van der Waals surface area (Å²) in [5.74, 6) is -0.850. The normalized spacial score (nSPS) is 12.2. The highest BCUT2D eigenvalue weighted by Crippen LogP contribution is 2.18. The van der Waals surface area contributed by atoms with Crippen molar-refractivity contribution < 1.29 is 28.6 Å². The van der Waals surface area contributed by atoms with Crippen LogP contribution in [-0.4, -0.2) is 37.2 Å². The van der Waals surface area contributed by atoms with E-state index in [-0.39, 0.29) is 31.1 Å². The minimum Gasteiger partial charge on any atom is -0.462 e. The predicted molar refractivity (Wildman–Crippen MR) is 349 cm³/mol. The van der Waals surface area contributed by atoms with Crippen LogP contribution in [0.3, 0.4) is 0 Å². The molecule has 0 spiro atoms. The molecular weight excluding hydrogens is 985 g/mol. The summed E-state index contributed by atoms with van der Waals surface area (Å²) in [6.07, 6.45) is 86.6. The Morgan fingerprint density at radius 2 is 0.450 bits per heavy atom. The van der Waals surface area contributed by atoms with Gasteiger partial charge in [0.2, 0.25) is 0 Å². The van der Waals surface area contributed by atoms with Crippen LogP contribution in [0.25, 0.3) is 0 Å². The monoisotopic (exact) mass is 1120 g/mol. The van der Waals surface area contributed by atoms with Crippen LogP contribution >= 0.6 is 0 Å². The molecule has 0 aliphatic carbocycles. The van der Waals surface area contributed by atoms with Crippen LogP contribution in [0.1, 0.15) is 400 Å². The maximum Gasteiger partial charge on any atom is 0.306 e. The van der Waals surface area contributed by atoms with Gasteiger partial charge in [-0.15, -0.1) is 0 Å². The number of allylic oxidation sites excluding steroid dienone is 6. The molecule has 6 heteroatoms. The van der Waals surface area contributed by atoms with Gasteiger partial charge in [0.1, 0.15) is 13.2 Å². The molecule has 0 aromatic heterocycles. The Morgan fingerprint density at radius 3 is 0.700 bits per heavy atom. The predicted octanol–water partition coefficient (Wildman–Crippen LogP) is 24.7. The molecule has 470 valence electrons. The highest BCUT2D eigenvalue weighted by molar-refractivity contribution is 5.71. The number of ether oxygens (including phenoxy) is 3. The summed E-state index contributed by atoms with van der Waals surface area (Å²) in [7, 11) is 0. The van der Waals surface area contributed by atoms with Crippen molar-refractivity contribution in [2.75, 3.05) is 13.2 Å². The van der Waals surface area contributed by atoms with Crippen LogP contribution in [0.4, 0.5) is 0 Å². The molecule has 0 saturated heterocycles. The second-order valence-corrected chi connectivity index (χ2v) is 24.5. The van der Waals surface area contributed by atoms with Crippen molar-refractivity contribution in [3.8, 4) is 0 Å². The number of hydrogen-bond donors (Lipinski definition) is 0. The molecule has 6 nitrogen and oxygen atoms in total. The molecule has 80 heavy (non-hydrogen) atoms. The van der Waals surface area contributed by atoms with Gasteiger partial charge < -0.3 is 14.2 Å². The molecule has 0 fully saturated rings. The number of esters is 3. The third kappa shape index (κ3) is 66.4. The zero-order chi connectivity index (χ0) is 57.8. The quantitative estimate of drug-likeness (QED) is 0.0261. The summed E-state index contributed by atoms with van der Waals surface area (Å²) in [6.45, 7) is 6.64. The minimum atomic E-state index is -0.767. The summed E-state index contributed by atoms with van der Waals surface area (Å²) in [6, 6.07) is 0. The molecule has 0 saturated carbocycles. The standard InChI is InChI=1S/C74H138O6/c1-4-7-10-13-16-18-20-22-24-26-28-30-32-34-35-36-37-38-39-41-42-44-46-48-50-52-54-56-58-61-64-67-73(76)79-70-71(69-78-72(75)66-63-60-15-12-9-6-3)80-74(77)68-65-62-59-57-55-53-51-49-47-45-43-40-33-31-29-27-25-23-21-19-17-14-11-8-5-2/h20,22,26-29,71H,4-19,21,23-25,30-70H2,1-3H3/b22-20-,28-26-,29-27-. The van der Waals surface area contributed by atoms with Crippen molar-refractivity contribution in [3.05, 3.63) is 36.5 Å². The zero-order valence-corrected chi connectivity index (χ0v) is 54.1. The Balaban J connectivity index is 3.96. The van der Waals surface area contributed by atoms with E-state index in [1.54, 1.807) is 0 Å². The number of carbonyl (C=O) groups is 3. The van der Waals surface area contributed by atoms with Crippen LogP contribution in [-0.2, 0) is 28.6 Å². The third-order valence-electron chi connectivity index (χ3n) is 16.4. The lowest BCUT2D eigenvalue weighted by Gasteiger charge is -2.18. The summed E-state index contributed by atoms with van der Waals surface area (Å²) >= 11 is 0. The smallest absolute Gasteiger partial charge is 0.306 e. The first-order valence-electron chi connectivity index (χ1n) is 36.0. The van der Waals surface area contributed by atoms with E-state index in [1.807, 2.05) is 0 Å². The van der Waals surface area contributed by atoms with Crippen molar-refractivity contribution >= 4 is 17.9 Å². The van der Waals surface area contributed by atoms with Crippen LogP contribution in [0.5, 0.6) is 0 Å². The number of unbranched alkanes of at least 4 members (excludes halogenated alkanes) is 50. The second kappa shape index (κ2) is 69.1. The first kappa shape index (κ1) is 77.6.